The third-order valence-electron chi connectivity index (χ3n) is 2.56. The number of nitrogens with zero attached hydrogens (tertiary/aromatic N) is 4. The number of hydrogen-bond donors (Lipinski definition) is 1. The number of benzene rings is 1. The zero-order chi connectivity index (χ0) is 14.0. The van der Waals surface area contributed by atoms with E-state index in [0.717, 1.165) is 17.4 Å². The maximum atomic E-state index is 10.9. The van der Waals surface area contributed by atoms with Crippen LogP contribution in [0, 0.1) is 11.3 Å². The van der Waals surface area contributed by atoms with Crippen molar-refractivity contribution in [2.45, 2.75) is 0 Å². The van der Waals surface area contributed by atoms with Crippen molar-refractivity contribution in [1.29, 1.82) is 5.26 Å². The Morgan fingerprint density at radius 2 is 2.11 bits per heavy atom. The Labute approximate surface area is 113 Å². The number of hydrogen-bond acceptors (Lipinski definition) is 6. The van der Waals surface area contributed by atoms with Crippen LogP contribution in [0.1, 0.15) is 5.56 Å². The molecule has 0 saturated heterocycles. The fourth-order valence-electron chi connectivity index (χ4n) is 1.65. The average molecular weight is 274 g/mol. The van der Waals surface area contributed by atoms with E-state index >= 15 is 0 Å². The summed E-state index contributed by atoms with van der Waals surface area (Å²) >= 11 is 1.06. The molecule has 6 nitrogen and oxygen atoms in total. The predicted molar refractivity (Wildman–Crippen MR) is 73.0 cm³/mol. The zero-order valence-corrected chi connectivity index (χ0v) is 11.1. The number of carbonyl (C=O) groups is 1. The average Bonchev–Trinajstić information content (AvgIpc) is 2.84. The topological polar surface area (TPSA) is 90.1 Å². The highest BCUT2D eigenvalue weighted by atomic mass is 32.1. The molecule has 0 bridgehead atoms. The molecule has 0 aliphatic rings. The molecule has 1 aromatic carbocycles. The van der Waals surface area contributed by atoms with Crippen LogP contribution in [0.2, 0.25) is 0 Å². The minimum Gasteiger partial charge on any atom is -0.477 e. The number of carboxylic acids is 1. The standard InChI is InChI=1S/C12H10N4O2S/c1-16(2)9-4-3-7(5-8(6-13)12(17)18)10-11(9)15-19-14-10/h3-5H,1-2H3,(H,17,18)/b8-5+. The molecule has 0 fully saturated rings. The van der Waals surface area contributed by atoms with Gasteiger partial charge in [-0.3, -0.25) is 0 Å². The summed E-state index contributed by atoms with van der Waals surface area (Å²) in [5.74, 6) is -1.25. The second-order valence-corrected chi connectivity index (χ2v) is 4.53. The highest BCUT2D eigenvalue weighted by molar-refractivity contribution is 7.00. The fourth-order valence-corrected chi connectivity index (χ4v) is 2.22. The van der Waals surface area contributed by atoms with Gasteiger partial charge >= 0.3 is 5.97 Å². The number of carboxylic acid groups (broad SMARTS) is 1. The third-order valence-corrected chi connectivity index (χ3v) is 3.09. The first-order chi connectivity index (χ1) is 9.04. The van der Waals surface area contributed by atoms with Gasteiger partial charge in [-0.15, -0.1) is 0 Å². The molecule has 1 N–H and O–H groups in total. The summed E-state index contributed by atoms with van der Waals surface area (Å²) < 4.78 is 8.37. The van der Waals surface area contributed by atoms with Gasteiger partial charge in [0.05, 0.1) is 17.4 Å². The highest BCUT2D eigenvalue weighted by Crippen LogP contribution is 2.28. The SMILES string of the molecule is CN(C)c1ccc(/C=C(\C#N)C(=O)O)c2nsnc12. The number of fused-ring (bicyclic) bond motifs is 1. The normalized spacial score (nSPS) is 11.3. The summed E-state index contributed by atoms with van der Waals surface area (Å²) in [4.78, 5) is 12.8. The van der Waals surface area contributed by atoms with Crippen LogP contribution in [0.3, 0.4) is 0 Å². The van der Waals surface area contributed by atoms with Crippen LogP contribution in [-0.4, -0.2) is 33.9 Å². The molecule has 0 spiro atoms. The Morgan fingerprint density at radius 3 is 2.68 bits per heavy atom. The van der Waals surface area contributed by atoms with E-state index in [0.29, 0.717) is 16.6 Å². The summed E-state index contributed by atoms with van der Waals surface area (Å²) in [6, 6.07) is 5.21. The van der Waals surface area contributed by atoms with Crippen LogP contribution in [0.5, 0.6) is 0 Å². The fraction of sp³-hybridized carbons (Fsp3) is 0.167. The van der Waals surface area contributed by atoms with Gasteiger partial charge < -0.3 is 10.0 Å². The van der Waals surface area contributed by atoms with E-state index < -0.39 is 5.97 Å². The van der Waals surface area contributed by atoms with Crippen molar-refractivity contribution in [3.63, 3.8) is 0 Å². The Kier molecular flexibility index (Phi) is 3.44. The van der Waals surface area contributed by atoms with Crippen molar-refractivity contribution in [1.82, 2.24) is 8.75 Å². The quantitative estimate of drug-likeness (QED) is 0.677. The first-order valence-electron chi connectivity index (χ1n) is 5.32. The van der Waals surface area contributed by atoms with Crippen LogP contribution < -0.4 is 4.90 Å². The van der Waals surface area contributed by atoms with Gasteiger partial charge in [-0.25, -0.2) is 4.79 Å². The van der Waals surface area contributed by atoms with Crippen molar-refractivity contribution >= 4 is 40.5 Å². The molecule has 0 unspecified atom stereocenters. The lowest BCUT2D eigenvalue weighted by atomic mass is 10.1. The van der Waals surface area contributed by atoms with Crippen molar-refractivity contribution in [2.75, 3.05) is 19.0 Å². The summed E-state index contributed by atoms with van der Waals surface area (Å²) in [5.41, 5.74) is 2.45. The molecule has 1 aromatic heterocycles. The van der Waals surface area contributed by atoms with Gasteiger partial charge in [0.2, 0.25) is 0 Å². The van der Waals surface area contributed by atoms with Gasteiger partial charge in [0.25, 0.3) is 0 Å². The zero-order valence-electron chi connectivity index (χ0n) is 10.3. The summed E-state index contributed by atoms with van der Waals surface area (Å²) in [6.07, 6.45) is 1.31. The molecule has 0 amide bonds. The third kappa shape index (κ3) is 2.39. The van der Waals surface area contributed by atoms with Gasteiger partial charge in [-0.05, 0) is 12.1 Å². The van der Waals surface area contributed by atoms with Gasteiger partial charge in [-0.1, -0.05) is 6.07 Å². The Morgan fingerprint density at radius 1 is 1.42 bits per heavy atom. The Balaban J connectivity index is 2.65. The molecule has 0 atom stereocenters. The molecular weight excluding hydrogens is 264 g/mol. The van der Waals surface area contributed by atoms with Crippen molar-refractivity contribution in [2.24, 2.45) is 0 Å². The van der Waals surface area contributed by atoms with E-state index in [1.165, 1.54) is 6.08 Å². The van der Waals surface area contributed by atoms with Crippen molar-refractivity contribution in [3.05, 3.63) is 23.3 Å². The van der Waals surface area contributed by atoms with Crippen LogP contribution in [0.15, 0.2) is 17.7 Å². The molecule has 0 saturated carbocycles. The second-order valence-electron chi connectivity index (χ2n) is 4.00. The van der Waals surface area contributed by atoms with E-state index in [4.69, 9.17) is 10.4 Å². The summed E-state index contributed by atoms with van der Waals surface area (Å²) in [6.45, 7) is 0. The van der Waals surface area contributed by atoms with Gasteiger partial charge in [-0.2, -0.15) is 14.0 Å². The molecule has 1 heterocycles. The smallest absolute Gasteiger partial charge is 0.346 e. The van der Waals surface area contributed by atoms with E-state index in [1.54, 1.807) is 12.1 Å². The lowest BCUT2D eigenvalue weighted by Crippen LogP contribution is -2.09. The van der Waals surface area contributed by atoms with Crippen molar-refractivity contribution < 1.29 is 9.90 Å². The second kappa shape index (κ2) is 5.04. The molecule has 0 radical (unpaired) electrons. The van der Waals surface area contributed by atoms with E-state index in [9.17, 15) is 4.79 Å². The number of nitriles is 1. The molecular formula is C12H10N4O2S. The van der Waals surface area contributed by atoms with Crippen LogP contribution in [0.4, 0.5) is 5.69 Å². The minimum absolute atomic E-state index is 0.327. The monoisotopic (exact) mass is 274 g/mol. The van der Waals surface area contributed by atoms with Crippen LogP contribution >= 0.6 is 11.7 Å². The summed E-state index contributed by atoms with van der Waals surface area (Å²) in [7, 11) is 3.78. The summed E-state index contributed by atoms with van der Waals surface area (Å²) in [5, 5.41) is 17.7. The highest BCUT2D eigenvalue weighted by Gasteiger charge is 2.13. The number of aliphatic carboxylic acids is 1. The first-order valence-corrected chi connectivity index (χ1v) is 6.05. The molecule has 19 heavy (non-hydrogen) atoms. The largest absolute Gasteiger partial charge is 0.477 e. The molecule has 2 rings (SSSR count). The van der Waals surface area contributed by atoms with Gasteiger partial charge in [0.15, 0.2) is 0 Å². The van der Waals surface area contributed by atoms with E-state index in [-0.39, 0.29) is 5.57 Å². The molecule has 2 aromatic rings. The number of aromatic nitrogens is 2. The molecule has 0 aliphatic heterocycles. The molecule has 7 heteroatoms. The van der Waals surface area contributed by atoms with E-state index in [1.807, 2.05) is 25.1 Å². The predicted octanol–water partition coefficient (Wildman–Crippen LogP) is 1.75. The molecule has 96 valence electrons. The molecule has 0 aliphatic carbocycles. The van der Waals surface area contributed by atoms with E-state index in [2.05, 4.69) is 8.75 Å². The van der Waals surface area contributed by atoms with Crippen LogP contribution in [0.25, 0.3) is 17.1 Å². The lowest BCUT2D eigenvalue weighted by Gasteiger charge is -2.12. The van der Waals surface area contributed by atoms with Crippen molar-refractivity contribution in [3.8, 4) is 6.07 Å². The number of anilines is 1. The Bertz CT molecular complexity index is 712. The minimum atomic E-state index is -1.25. The first kappa shape index (κ1) is 13.0. The van der Waals surface area contributed by atoms with Gasteiger partial charge in [0, 0.05) is 19.7 Å². The lowest BCUT2D eigenvalue weighted by molar-refractivity contribution is -0.132. The maximum Gasteiger partial charge on any atom is 0.346 e. The van der Waals surface area contributed by atoms with Gasteiger partial charge in [0.1, 0.15) is 22.7 Å². The number of rotatable bonds is 3. The van der Waals surface area contributed by atoms with Crippen LogP contribution in [-0.2, 0) is 4.79 Å². The maximum absolute atomic E-state index is 10.9. The Hall–Kier alpha value is -2.46.